The van der Waals surface area contributed by atoms with Crippen LogP contribution in [0.1, 0.15) is 19.3 Å². The molecule has 0 aromatic carbocycles. The van der Waals surface area contributed by atoms with Gasteiger partial charge in [0.1, 0.15) is 0 Å². The highest BCUT2D eigenvalue weighted by atomic mass is 16.5. The van der Waals surface area contributed by atoms with Crippen molar-refractivity contribution < 1.29 is 19.4 Å². The largest absolute Gasteiger partial charge is 0.481 e. The third-order valence-electron chi connectivity index (χ3n) is 3.52. The second-order valence-corrected chi connectivity index (χ2v) is 4.13. The van der Waals surface area contributed by atoms with Crippen molar-refractivity contribution in [2.75, 3.05) is 26.4 Å². The molecule has 2 rings (SSSR count). The molecule has 1 atom stereocenters. The van der Waals surface area contributed by atoms with Gasteiger partial charge in [-0.15, -0.1) is 0 Å². The highest BCUT2D eigenvalue weighted by Gasteiger charge is 2.48. The lowest BCUT2D eigenvalue weighted by Gasteiger charge is -2.37. The summed E-state index contributed by atoms with van der Waals surface area (Å²) in [6.07, 6.45) is 2.15. The molecule has 2 fully saturated rings. The van der Waals surface area contributed by atoms with Crippen LogP contribution in [0.3, 0.4) is 0 Å². The zero-order chi connectivity index (χ0) is 10.0. The molecule has 2 aliphatic heterocycles. The van der Waals surface area contributed by atoms with Gasteiger partial charge in [0, 0.05) is 25.7 Å². The minimum absolute atomic E-state index is 0.184. The lowest BCUT2D eigenvalue weighted by Crippen LogP contribution is -2.43. The molecule has 14 heavy (non-hydrogen) atoms. The summed E-state index contributed by atoms with van der Waals surface area (Å²) < 4.78 is 10.5. The normalized spacial score (nSPS) is 31.6. The summed E-state index contributed by atoms with van der Waals surface area (Å²) in [6.45, 7) is 2.46. The van der Waals surface area contributed by atoms with E-state index in [1.54, 1.807) is 0 Å². The summed E-state index contributed by atoms with van der Waals surface area (Å²) >= 11 is 0. The molecule has 2 aliphatic rings. The van der Waals surface area contributed by atoms with E-state index in [-0.39, 0.29) is 5.92 Å². The molecular formula is C10H16O4. The number of aliphatic carboxylic acids is 1. The molecular weight excluding hydrogens is 184 g/mol. The third kappa shape index (κ3) is 1.53. The van der Waals surface area contributed by atoms with Crippen molar-refractivity contribution in [2.45, 2.75) is 19.3 Å². The molecule has 1 N–H and O–H groups in total. The monoisotopic (exact) mass is 200 g/mol. The first-order valence-electron chi connectivity index (χ1n) is 5.14. The van der Waals surface area contributed by atoms with E-state index >= 15 is 0 Å². The molecule has 0 aromatic heterocycles. The van der Waals surface area contributed by atoms with Gasteiger partial charge in [-0.2, -0.15) is 0 Å². The van der Waals surface area contributed by atoms with E-state index in [9.17, 15) is 9.90 Å². The maximum absolute atomic E-state index is 11.4. The number of carboxylic acids is 1. The lowest BCUT2D eigenvalue weighted by atomic mass is 9.69. The van der Waals surface area contributed by atoms with Crippen LogP contribution in [-0.4, -0.2) is 37.5 Å². The van der Waals surface area contributed by atoms with Crippen molar-refractivity contribution in [1.82, 2.24) is 0 Å². The Bertz CT molecular complexity index is 214. The van der Waals surface area contributed by atoms with Crippen molar-refractivity contribution in [3.63, 3.8) is 0 Å². The van der Waals surface area contributed by atoms with Gasteiger partial charge in [-0.25, -0.2) is 0 Å². The van der Waals surface area contributed by atoms with Gasteiger partial charge < -0.3 is 14.6 Å². The van der Waals surface area contributed by atoms with Gasteiger partial charge in [-0.3, -0.25) is 4.79 Å². The van der Waals surface area contributed by atoms with Gasteiger partial charge in [0.2, 0.25) is 0 Å². The van der Waals surface area contributed by atoms with Crippen molar-refractivity contribution in [2.24, 2.45) is 11.3 Å². The average Bonchev–Trinajstić information content (AvgIpc) is 2.72. The highest BCUT2D eigenvalue weighted by Crippen LogP contribution is 2.42. The zero-order valence-corrected chi connectivity index (χ0v) is 8.20. The molecule has 4 heteroatoms. The smallest absolute Gasteiger partial charge is 0.310 e. The Balaban J connectivity index is 2.15. The molecule has 0 spiro atoms. The van der Waals surface area contributed by atoms with E-state index in [1.165, 1.54) is 0 Å². The van der Waals surface area contributed by atoms with Crippen LogP contribution in [0.15, 0.2) is 0 Å². The Hall–Kier alpha value is -0.610. The molecule has 4 nitrogen and oxygen atoms in total. The first-order valence-corrected chi connectivity index (χ1v) is 5.14. The van der Waals surface area contributed by atoms with Crippen molar-refractivity contribution >= 4 is 5.97 Å². The van der Waals surface area contributed by atoms with E-state index in [1.807, 2.05) is 0 Å². The molecule has 80 valence electrons. The summed E-state index contributed by atoms with van der Waals surface area (Å²) in [5, 5.41) is 9.34. The standard InChI is InChI=1S/C10H16O4/c11-9(12)10(2-5-13-6-3-10)8-1-4-14-7-8/h8H,1-7H2,(H,11,12). The highest BCUT2D eigenvalue weighted by molar-refractivity contribution is 5.75. The third-order valence-corrected chi connectivity index (χ3v) is 3.52. The van der Waals surface area contributed by atoms with E-state index in [2.05, 4.69) is 0 Å². The van der Waals surface area contributed by atoms with Crippen LogP contribution in [0.25, 0.3) is 0 Å². The van der Waals surface area contributed by atoms with Crippen LogP contribution < -0.4 is 0 Å². The summed E-state index contributed by atoms with van der Waals surface area (Å²) in [4.78, 5) is 11.4. The predicted molar refractivity (Wildman–Crippen MR) is 49.0 cm³/mol. The van der Waals surface area contributed by atoms with Gasteiger partial charge >= 0.3 is 5.97 Å². The fourth-order valence-corrected chi connectivity index (χ4v) is 2.50. The number of hydrogen-bond acceptors (Lipinski definition) is 3. The Labute approximate surface area is 83.2 Å². The molecule has 2 saturated heterocycles. The second-order valence-electron chi connectivity index (χ2n) is 4.13. The van der Waals surface area contributed by atoms with Crippen molar-refractivity contribution in [3.8, 4) is 0 Å². The molecule has 0 saturated carbocycles. The summed E-state index contributed by atoms with van der Waals surface area (Å²) in [6, 6.07) is 0. The van der Waals surface area contributed by atoms with E-state index in [4.69, 9.17) is 9.47 Å². The Morgan fingerprint density at radius 3 is 2.43 bits per heavy atom. The van der Waals surface area contributed by atoms with Gasteiger partial charge in [-0.1, -0.05) is 0 Å². The maximum atomic E-state index is 11.4. The first-order chi connectivity index (χ1) is 6.76. The van der Waals surface area contributed by atoms with Crippen LogP contribution in [0.5, 0.6) is 0 Å². The van der Waals surface area contributed by atoms with E-state index in [0.717, 1.165) is 6.42 Å². The van der Waals surface area contributed by atoms with E-state index in [0.29, 0.717) is 39.3 Å². The lowest BCUT2D eigenvalue weighted by molar-refractivity contribution is -0.160. The van der Waals surface area contributed by atoms with Gasteiger partial charge in [0.15, 0.2) is 0 Å². The number of ether oxygens (including phenoxy) is 2. The quantitative estimate of drug-likeness (QED) is 0.719. The first kappa shape index (κ1) is 9.93. The summed E-state index contributed by atoms with van der Waals surface area (Å²) in [7, 11) is 0. The van der Waals surface area contributed by atoms with Crippen LogP contribution >= 0.6 is 0 Å². The minimum atomic E-state index is -0.670. The Kier molecular flexibility index (Phi) is 2.74. The number of carboxylic acid groups (broad SMARTS) is 1. The van der Waals surface area contributed by atoms with Crippen molar-refractivity contribution in [3.05, 3.63) is 0 Å². The zero-order valence-electron chi connectivity index (χ0n) is 8.20. The molecule has 0 radical (unpaired) electrons. The molecule has 0 aliphatic carbocycles. The Morgan fingerprint density at radius 1 is 1.21 bits per heavy atom. The molecule has 1 unspecified atom stereocenters. The molecule has 2 heterocycles. The molecule has 0 amide bonds. The van der Waals surface area contributed by atoms with Crippen LogP contribution in [0.2, 0.25) is 0 Å². The number of hydrogen-bond donors (Lipinski definition) is 1. The predicted octanol–water partition coefficient (Wildman–Crippen LogP) is 0.904. The SMILES string of the molecule is O=C(O)C1(C2CCOC2)CCOCC1. The van der Waals surface area contributed by atoms with Crippen LogP contribution in [0.4, 0.5) is 0 Å². The van der Waals surface area contributed by atoms with Crippen LogP contribution in [-0.2, 0) is 14.3 Å². The summed E-state index contributed by atoms with van der Waals surface area (Å²) in [5.41, 5.74) is -0.575. The van der Waals surface area contributed by atoms with E-state index < -0.39 is 11.4 Å². The fraction of sp³-hybridized carbons (Fsp3) is 0.900. The minimum Gasteiger partial charge on any atom is -0.481 e. The fourth-order valence-electron chi connectivity index (χ4n) is 2.50. The average molecular weight is 200 g/mol. The van der Waals surface area contributed by atoms with Crippen molar-refractivity contribution in [1.29, 1.82) is 0 Å². The molecule has 0 bridgehead atoms. The Morgan fingerprint density at radius 2 is 1.93 bits per heavy atom. The van der Waals surface area contributed by atoms with Gasteiger partial charge in [0.25, 0.3) is 0 Å². The van der Waals surface area contributed by atoms with Crippen LogP contribution in [0, 0.1) is 11.3 Å². The second kappa shape index (κ2) is 3.87. The van der Waals surface area contributed by atoms with Gasteiger partial charge in [-0.05, 0) is 19.3 Å². The number of rotatable bonds is 2. The summed E-state index contributed by atoms with van der Waals surface area (Å²) in [5.74, 6) is -0.486. The molecule has 0 aromatic rings. The van der Waals surface area contributed by atoms with Gasteiger partial charge in [0.05, 0.1) is 12.0 Å². The maximum Gasteiger partial charge on any atom is 0.310 e. The number of carbonyl (C=O) groups is 1. The topological polar surface area (TPSA) is 55.8 Å².